The molecular formula is C20H24N2O3. The number of methoxy groups -OCH3 is 2. The van der Waals surface area contributed by atoms with Gasteiger partial charge in [-0.15, -0.1) is 0 Å². The number of anilines is 2. The first-order valence-corrected chi connectivity index (χ1v) is 8.42. The average molecular weight is 340 g/mol. The van der Waals surface area contributed by atoms with E-state index in [4.69, 9.17) is 9.47 Å². The van der Waals surface area contributed by atoms with Crippen LogP contribution < -0.4 is 19.7 Å². The van der Waals surface area contributed by atoms with Crippen molar-refractivity contribution in [3.63, 3.8) is 0 Å². The van der Waals surface area contributed by atoms with Crippen LogP contribution in [-0.4, -0.2) is 26.2 Å². The number of carbonyl (C=O) groups excluding carboxylic acids is 1. The molecule has 0 unspecified atom stereocenters. The Kier molecular flexibility index (Phi) is 4.83. The first-order valence-electron chi connectivity index (χ1n) is 8.42. The van der Waals surface area contributed by atoms with Gasteiger partial charge in [-0.1, -0.05) is 18.2 Å². The molecule has 1 aliphatic heterocycles. The number of ether oxygens (including phenoxy) is 2. The van der Waals surface area contributed by atoms with Crippen LogP contribution in [0, 0.1) is 0 Å². The molecule has 25 heavy (non-hydrogen) atoms. The van der Waals surface area contributed by atoms with Crippen LogP contribution in [0.25, 0.3) is 0 Å². The van der Waals surface area contributed by atoms with E-state index in [0.29, 0.717) is 11.5 Å². The van der Waals surface area contributed by atoms with Gasteiger partial charge in [0.15, 0.2) is 11.5 Å². The number of carbonyl (C=O) groups is 1. The minimum Gasteiger partial charge on any atom is -0.493 e. The lowest BCUT2D eigenvalue weighted by Crippen LogP contribution is -2.43. The van der Waals surface area contributed by atoms with Crippen molar-refractivity contribution in [2.75, 3.05) is 24.4 Å². The van der Waals surface area contributed by atoms with Gasteiger partial charge in [0.2, 0.25) is 5.91 Å². The Balaban J connectivity index is 1.93. The number of nitrogens with one attached hydrogen (secondary N) is 1. The molecule has 2 aromatic carbocycles. The zero-order valence-corrected chi connectivity index (χ0v) is 15.1. The molecule has 0 radical (unpaired) electrons. The number of hydrogen-bond acceptors (Lipinski definition) is 4. The quantitative estimate of drug-likeness (QED) is 0.914. The molecule has 5 nitrogen and oxygen atoms in total. The lowest BCUT2D eigenvalue weighted by molar-refractivity contribution is -0.117. The lowest BCUT2D eigenvalue weighted by atomic mass is 9.91. The van der Waals surface area contributed by atoms with Crippen LogP contribution in [0.3, 0.4) is 0 Å². The van der Waals surface area contributed by atoms with Crippen LogP contribution in [0.2, 0.25) is 0 Å². The average Bonchev–Trinajstić information content (AvgIpc) is 2.61. The van der Waals surface area contributed by atoms with E-state index in [0.717, 1.165) is 23.4 Å². The van der Waals surface area contributed by atoms with E-state index in [1.54, 1.807) is 21.1 Å². The Hall–Kier alpha value is -2.69. The summed E-state index contributed by atoms with van der Waals surface area (Å²) in [5.41, 5.74) is 3.07. The van der Waals surface area contributed by atoms with E-state index in [-0.39, 0.29) is 18.0 Å². The molecule has 2 aromatic rings. The monoisotopic (exact) mass is 340 g/mol. The van der Waals surface area contributed by atoms with E-state index >= 15 is 0 Å². The first-order chi connectivity index (χ1) is 12.0. The van der Waals surface area contributed by atoms with E-state index in [1.807, 2.05) is 41.3 Å². The zero-order valence-electron chi connectivity index (χ0n) is 15.1. The molecule has 1 heterocycles. The number of hydrogen-bond donors (Lipinski definition) is 1. The maximum atomic E-state index is 12.1. The Labute approximate surface area is 148 Å². The minimum atomic E-state index is 0.0736. The van der Waals surface area contributed by atoms with Crippen molar-refractivity contribution in [2.45, 2.75) is 32.4 Å². The Morgan fingerprint density at radius 3 is 2.52 bits per heavy atom. The molecule has 1 amide bonds. The Morgan fingerprint density at radius 2 is 1.84 bits per heavy atom. The topological polar surface area (TPSA) is 50.8 Å². The number of para-hydroxylation sites is 1. The second kappa shape index (κ2) is 7.05. The lowest BCUT2D eigenvalue weighted by Gasteiger charge is -2.39. The highest BCUT2D eigenvalue weighted by atomic mass is 16.5. The van der Waals surface area contributed by atoms with Crippen LogP contribution in [0.5, 0.6) is 11.5 Å². The van der Waals surface area contributed by atoms with Gasteiger partial charge in [0.05, 0.1) is 20.3 Å². The third-order valence-corrected chi connectivity index (χ3v) is 4.65. The Morgan fingerprint density at radius 1 is 1.12 bits per heavy atom. The fourth-order valence-corrected chi connectivity index (χ4v) is 3.56. The first kappa shape index (κ1) is 17.1. The summed E-state index contributed by atoms with van der Waals surface area (Å²) in [5, 5.41) is 3.58. The number of fused-ring (bicyclic) bond motifs is 1. The molecule has 2 atom stereocenters. The summed E-state index contributed by atoms with van der Waals surface area (Å²) in [6, 6.07) is 14.1. The highest BCUT2D eigenvalue weighted by Gasteiger charge is 2.32. The van der Waals surface area contributed by atoms with Crippen molar-refractivity contribution < 1.29 is 14.3 Å². The molecule has 132 valence electrons. The molecule has 0 saturated heterocycles. The van der Waals surface area contributed by atoms with Gasteiger partial charge in [-0.05, 0) is 37.1 Å². The second-order valence-electron chi connectivity index (χ2n) is 6.30. The highest BCUT2D eigenvalue weighted by Crippen LogP contribution is 2.40. The van der Waals surface area contributed by atoms with Crippen LogP contribution >= 0.6 is 0 Å². The molecule has 0 aromatic heterocycles. The smallest absolute Gasteiger partial charge is 0.224 e. The molecule has 1 N–H and O–H groups in total. The number of benzene rings is 2. The van der Waals surface area contributed by atoms with Gasteiger partial charge >= 0.3 is 0 Å². The van der Waals surface area contributed by atoms with E-state index in [2.05, 4.69) is 18.3 Å². The maximum Gasteiger partial charge on any atom is 0.224 e. The van der Waals surface area contributed by atoms with E-state index in [1.165, 1.54) is 0 Å². The number of rotatable bonds is 4. The van der Waals surface area contributed by atoms with Crippen LogP contribution in [0.4, 0.5) is 11.4 Å². The van der Waals surface area contributed by atoms with Gasteiger partial charge in [-0.3, -0.25) is 4.79 Å². The van der Waals surface area contributed by atoms with E-state index < -0.39 is 0 Å². The molecule has 0 bridgehead atoms. The minimum absolute atomic E-state index is 0.0736. The fourth-order valence-electron chi connectivity index (χ4n) is 3.56. The van der Waals surface area contributed by atoms with Crippen molar-refractivity contribution >= 4 is 17.3 Å². The van der Waals surface area contributed by atoms with Crippen LogP contribution in [0.15, 0.2) is 42.5 Å². The Bertz CT molecular complexity index is 775. The van der Waals surface area contributed by atoms with Crippen molar-refractivity contribution in [1.29, 1.82) is 0 Å². The SMILES string of the molecule is COc1ccc(N[C@H]2C[C@@H](C)N(C(C)=O)c3ccccc32)cc1OC. The molecular weight excluding hydrogens is 316 g/mol. The highest BCUT2D eigenvalue weighted by molar-refractivity contribution is 5.93. The van der Waals surface area contributed by atoms with Crippen LogP contribution in [0.1, 0.15) is 31.9 Å². The molecule has 0 saturated carbocycles. The molecule has 3 rings (SSSR count). The largest absolute Gasteiger partial charge is 0.493 e. The summed E-state index contributed by atoms with van der Waals surface area (Å²) < 4.78 is 10.7. The number of amides is 1. The summed E-state index contributed by atoms with van der Waals surface area (Å²) in [4.78, 5) is 13.9. The summed E-state index contributed by atoms with van der Waals surface area (Å²) in [6.07, 6.45) is 0.838. The van der Waals surface area contributed by atoms with Crippen molar-refractivity contribution in [3.05, 3.63) is 48.0 Å². The predicted molar refractivity (Wildman–Crippen MR) is 99.6 cm³/mol. The predicted octanol–water partition coefficient (Wildman–Crippen LogP) is 4.00. The van der Waals surface area contributed by atoms with Crippen molar-refractivity contribution in [2.24, 2.45) is 0 Å². The molecule has 1 aliphatic rings. The standard InChI is InChI=1S/C20H24N2O3/c1-13-11-17(16-7-5-6-8-18(16)22(13)14(2)23)21-15-9-10-19(24-3)20(12-15)25-4/h5-10,12-13,17,21H,11H2,1-4H3/t13-,17+/m1/s1. The van der Waals surface area contributed by atoms with Gasteiger partial charge < -0.3 is 19.7 Å². The molecule has 0 aliphatic carbocycles. The molecule has 0 spiro atoms. The molecule has 0 fully saturated rings. The summed E-state index contributed by atoms with van der Waals surface area (Å²) in [6.45, 7) is 3.70. The summed E-state index contributed by atoms with van der Waals surface area (Å²) in [7, 11) is 3.25. The summed E-state index contributed by atoms with van der Waals surface area (Å²) in [5.74, 6) is 1.47. The van der Waals surface area contributed by atoms with Gasteiger partial charge in [-0.2, -0.15) is 0 Å². The number of nitrogens with zero attached hydrogens (tertiary/aromatic N) is 1. The van der Waals surface area contributed by atoms with Crippen LogP contribution in [-0.2, 0) is 4.79 Å². The van der Waals surface area contributed by atoms with Gasteiger partial charge in [0.25, 0.3) is 0 Å². The van der Waals surface area contributed by atoms with Crippen molar-refractivity contribution in [3.8, 4) is 11.5 Å². The van der Waals surface area contributed by atoms with Crippen molar-refractivity contribution in [1.82, 2.24) is 0 Å². The third kappa shape index (κ3) is 3.27. The maximum absolute atomic E-state index is 12.1. The third-order valence-electron chi connectivity index (χ3n) is 4.65. The zero-order chi connectivity index (χ0) is 18.0. The molecule has 5 heteroatoms. The summed E-state index contributed by atoms with van der Waals surface area (Å²) >= 11 is 0. The van der Waals surface area contributed by atoms with Gasteiger partial charge in [-0.25, -0.2) is 0 Å². The second-order valence-corrected chi connectivity index (χ2v) is 6.30. The normalized spacial score (nSPS) is 19.1. The van der Waals surface area contributed by atoms with Gasteiger partial charge in [0.1, 0.15) is 0 Å². The fraction of sp³-hybridized carbons (Fsp3) is 0.350. The van der Waals surface area contributed by atoms with E-state index in [9.17, 15) is 4.79 Å². The van der Waals surface area contributed by atoms with Gasteiger partial charge in [0, 0.05) is 30.4 Å².